The number of hydrogen-bond acceptors (Lipinski definition) is 2. The molecule has 0 spiro atoms. The third-order valence-corrected chi connectivity index (χ3v) is 4.19. The molecule has 0 N–H and O–H groups in total. The van der Waals surface area contributed by atoms with E-state index in [9.17, 15) is 0 Å². The summed E-state index contributed by atoms with van der Waals surface area (Å²) in [6.07, 6.45) is 1.18. The molecule has 0 aromatic heterocycles. The second-order valence-electron chi connectivity index (χ2n) is 5.45. The molecule has 0 radical (unpaired) electrons. The van der Waals surface area contributed by atoms with Gasteiger partial charge in [0.2, 0.25) is 0 Å². The second kappa shape index (κ2) is 5.68. The zero-order valence-corrected chi connectivity index (χ0v) is 14.3. The lowest BCUT2D eigenvalue weighted by Gasteiger charge is -2.36. The van der Waals surface area contributed by atoms with Crippen LogP contribution in [0.5, 0.6) is 5.75 Å². The number of nitrogens with zero attached hydrogens (tertiary/aromatic N) is 1. The van der Waals surface area contributed by atoms with Gasteiger partial charge in [0.25, 0.3) is 0 Å². The van der Waals surface area contributed by atoms with Crippen LogP contribution in [0.3, 0.4) is 0 Å². The van der Waals surface area contributed by atoms with Gasteiger partial charge >= 0.3 is 0 Å². The number of rotatable bonds is 3. The molecule has 1 heterocycles. The first-order chi connectivity index (χ1) is 8.02. The van der Waals surface area contributed by atoms with E-state index < -0.39 is 0 Å². The summed E-state index contributed by atoms with van der Waals surface area (Å²) in [4.78, 5) is 2.53. The molecule has 1 unspecified atom stereocenters. The average molecular weight is 361 g/mol. The van der Waals surface area contributed by atoms with Crippen LogP contribution in [0, 0.1) is 0 Å². The van der Waals surface area contributed by atoms with Crippen molar-refractivity contribution in [1.82, 2.24) is 0 Å². The quantitative estimate of drug-likeness (QED) is 0.739. The highest BCUT2D eigenvalue weighted by Gasteiger charge is 2.41. The van der Waals surface area contributed by atoms with Crippen LogP contribution in [-0.4, -0.2) is 19.2 Å². The highest BCUT2D eigenvalue weighted by atomic mass is 127. The van der Waals surface area contributed by atoms with Crippen LogP contribution in [0.4, 0.5) is 5.69 Å². The van der Waals surface area contributed by atoms with E-state index >= 15 is 0 Å². The van der Waals surface area contributed by atoms with E-state index in [4.69, 9.17) is 4.74 Å². The third kappa shape index (κ3) is 2.33. The van der Waals surface area contributed by atoms with E-state index in [1.165, 1.54) is 17.7 Å². The summed E-state index contributed by atoms with van der Waals surface area (Å²) in [5.74, 6) is 1.50. The van der Waals surface area contributed by atoms with Crippen molar-refractivity contribution in [2.75, 3.05) is 18.6 Å². The summed E-state index contributed by atoms with van der Waals surface area (Å²) in [7, 11) is 1.73. The maximum Gasteiger partial charge on any atom is 0.119 e. The van der Waals surface area contributed by atoms with Crippen LogP contribution in [0.2, 0.25) is 0 Å². The van der Waals surface area contributed by atoms with Crippen LogP contribution in [-0.2, 0) is 0 Å². The van der Waals surface area contributed by atoms with Gasteiger partial charge in [0, 0.05) is 23.7 Å². The smallest absolute Gasteiger partial charge is 0.119 e. The van der Waals surface area contributed by atoms with Gasteiger partial charge in [-0.1, -0.05) is 13.8 Å². The van der Waals surface area contributed by atoms with Gasteiger partial charge in [0.05, 0.1) is 7.11 Å². The Bertz CT molecular complexity index is 417. The molecule has 18 heavy (non-hydrogen) atoms. The number of methoxy groups -OCH3 is 1. The maximum absolute atomic E-state index is 5.33. The lowest BCUT2D eigenvalue weighted by atomic mass is 9.87. The number of benzene rings is 1. The Labute approximate surface area is 128 Å². The van der Waals surface area contributed by atoms with Gasteiger partial charge in [-0.2, -0.15) is 0 Å². The SMILES string of the molecule is CCCN1c2ccc(OC)cc2C(C)C1(C)C.I. The minimum absolute atomic E-state index is 0. The molecule has 0 bridgehead atoms. The van der Waals surface area contributed by atoms with Gasteiger partial charge < -0.3 is 9.64 Å². The Morgan fingerprint density at radius 3 is 2.56 bits per heavy atom. The summed E-state index contributed by atoms with van der Waals surface area (Å²) in [6.45, 7) is 10.3. The van der Waals surface area contributed by atoms with Crippen LogP contribution < -0.4 is 9.64 Å². The highest BCUT2D eigenvalue weighted by Crippen LogP contribution is 2.48. The molecule has 0 fully saturated rings. The minimum atomic E-state index is 0. The Morgan fingerprint density at radius 2 is 2.00 bits per heavy atom. The van der Waals surface area contributed by atoms with Gasteiger partial charge in [-0.3, -0.25) is 0 Å². The van der Waals surface area contributed by atoms with Crippen molar-refractivity contribution in [3.8, 4) is 5.75 Å². The zero-order chi connectivity index (χ0) is 12.6. The predicted octanol–water partition coefficient (Wildman–Crippen LogP) is 4.43. The molecule has 0 aliphatic carbocycles. The van der Waals surface area contributed by atoms with Crippen molar-refractivity contribution in [2.45, 2.75) is 45.6 Å². The average Bonchev–Trinajstić information content (AvgIpc) is 2.51. The molecule has 1 aliphatic heterocycles. The Morgan fingerprint density at radius 1 is 1.33 bits per heavy atom. The van der Waals surface area contributed by atoms with Gasteiger partial charge in [-0.25, -0.2) is 0 Å². The van der Waals surface area contributed by atoms with Crippen LogP contribution >= 0.6 is 24.0 Å². The molecule has 102 valence electrons. The molecule has 1 aromatic carbocycles. The van der Waals surface area contributed by atoms with E-state index in [2.05, 4.69) is 50.8 Å². The molecule has 0 saturated carbocycles. The Balaban J connectivity index is 0.00000162. The topological polar surface area (TPSA) is 12.5 Å². The van der Waals surface area contributed by atoms with Crippen molar-refractivity contribution in [1.29, 1.82) is 0 Å². The van der Waals surface area contributed by atoms with E-state index in [0.29, 0.717) is 5.92 Å². The molecule has 0 amide bonds. The summed E-state index contributed by atoms with van der Waals surface area (Å²) in [6, 6.07) is 6.46. The van der Waals surface area contributed by atoms with E-state index in [-0.39, 0.29) is 29.5 Å². The lowest BCUT2D eigenvalue weighted by molar-refractivity contribution is 0.410. The normalized spacial score (nSPS) is 20.3. The minimum Gasteiger partial charge on any atom is -0.497 e. The van der Waals surface area contributed by atoms with E-state index in [0.717, 1.165) is 12.3 Å². The van der Waals surface area contributed by atoms with Crippen LogP contribution in [0.1, 0.15) is 45.6 Å². The van der Waals surface area contributed by atoms with Crippen molar-refractivity contribution in [2.24, 2.45) is 0 Å². The first kappa shape index (κ1) is 15.6. The van der Waals surface area contributed by atoms with Crippen LogP contribution in [0.25, 0.3) is 0 Å². The fraction of sp³-hybridized carbons (Fsp3) is 0.600. The number of halogens is 1. The maximum atomic E-state index is 5.33. The molecule has 3 heteroatoms. The largest absolute Gasteiger partial charge is 0.497 e. The van der Waals surface area contributed by atoms with Gasteiger partial charge in [-0.15, -0.1) is 24.0 Å². The van der Waals surface area contributed by atoms with E-state index in [1.54, 1.807) is 7.11 Å². The summed E-state index contributed by atoms with van der Waals surface area (Å²) >= 11 is 0. The highest BCUT2D eigenvalue weighted by molar-refractivity contribution is 14.0. The molecular formula is C15H24INO. The van der Waals surface area contributed by atoms with Crippen molar-refractivity contribution >= 4 is 29.7 Å². The predicted molar refractivity (Wildman–Crippen MR) is 88.5 cm³/mol. The molecule has 1 aliphatic rings. The monoisotopic (exact) mass is 361 g/mol. The standard InChI is InChI=1S/C15H23NO.HI/c1-6-9-16-14-8-7-12(17-5)10-13(14)11(2)15(16,3)4;/h7-8,10-11H,6,9H2,1-5H3;1H. The fourth-order valence-electron chi connectivity index (χ4n) is 2.81. The Kier molecular flexibility index (Phi) is 4.92. The molecule has 2 rings (SSSR count). The third-order valence-electron chi connectivity index (χ3n) is 4.19. The zero-order valence-electron chi connectivity index (χ0n) is 12.0. The molecule has 1 aromatic rings. The summed E-state index contributed by atoms with van der Waals surface area (Å²) in [5.41, 5.74) is 3.00. The van der Waals surface area contributed by atoms with Gasteiger partial charge in [-0.05, 0) is 44.0 Å². The van der Waals surface area contributed by atoms with Crippen molar-refractivity contribution < 1.29 is 4.74 Å². The number of fused-ring (bicyclic) bond motifs is 1. The van der Waals surface area contributed by atoms with Gasteiger partial charge in [0.1, 0.15) is 5.75 Å². The molecule has 0 saturated heterocycles. The first-order valence-corrected chi connectivity index (χ1v) is 6.48. The van der Waals surface area contributed by atoms with Crippen molar-refractivity contribution in [3.63, 3.8) is 0 Å². The number of anilines is 1. The summed E-state index contributed by atoms with van der Waals surface area (Å²) in [5, 5.41) is 0. The molecular weight excluding hydrogens is 337 g/mol. The molecule has 1 atom stereocenters. The lowest BCUT2D eigenvalue weighted by Crippen LogP contribution is -2.43. The summed E-state index contributed by atoms with van der Waals surface area (Å²) < 4.78 is 5.33. The second-order valence-corrected chi connectivity index (χ2v) is 5.45. The van der Waals surface area contributed by atoms with Crippen molar-refractivity contribution in [3.05, 3.63) is 23.8 Å². The number of ether oxygens (including phenoxy) is 1. The molecule has 2 nitrogen and oxygen atoms in total. The van der Waals surface area contributed by atoms with E-state index in [1.807, 2.05) is 0 Å². The number of hydrogen-bond donors (Lipinski definition) is 0. The first-order valence-electron chi connectivity index (χ1n) is 6.48. The Hall–Kier alpha value is -0.450. The fourth-order valence-corrected chi connectivity index (χ4v) is 2.81. The van der Waals surface area contributed by atoms with Crippen LogP contribution in [0.15, 0.2) is 18.2 Å². The van der Waals surface area contributed by atoms with Gasteiger partial charge in [0.15, 0.2) is 0 Å².